The zero-order chi connectivity index (χ0) is 48.6. The fourth-order valence-electron chi connectivity index (χ4n) is 8.91. The molecule has 0 radical (unpaired) electrons. The molecule has 0 heterocycles. The summed E-state index contributed by atoms with van der Waals surface area (Å²) >= 11 is 0. The van der Waals surface area contributed by atoms with Crippen LogP contribution in [0, 0.1) is 0 Å². The first kappa shape index (κ1) is 64.9. The molecule has 0 N–H and O–H groups in total. The average molecular weight is 944 g/mol. The fraction of sp³-hybridized carbons (Fsp3) is 0.885. The van der Waals surface area contributed by atoms with E-state index in [9.17, 15) is 14.4 Å². The summed E-state index contributed by atoms with van der Waals surface area (Å²) in [6.07, 6.45) is 65.9. The smallest absolute Gasteiger partial charge is 0.306 e. The molecular weight excluding hydrogens is 829 g/mol. The number of allylic oxidation sites excluding steroid dienone is 4. The van der Waals surface area contributed by atoms with Gasteiger partial charge < -0.3 is 14.2 Å². The molecule has 394 valence electrons. The number of esters is 3. The van der Waals surface area contributed by atoms with Gasteiger partial charge in [-0.1, -0.05) is 263 Å². The maximum Gasteiger partial charge on any atom is 0.306 e. The van der Waals surface area contributed by atoms with Crippen molar-refractivity contribution in [2.45, 2.75) is 335 Å². The molecule has 0 rings (SSSR count). The number of hydrogen-bond donors (Lipinski definition) is 0. The molecule has 0 saturated heterocycles. The van der Waals surface area contributed by atoms with Crippen LogP contribution in [0.1, 0.15) is 329 Å². The number of carbonyl (C=O) groups is 3. The van der Waals surface area contributed by atoms with Crippen molar-refractivity contribution in [2.75, 3.05) is 13.2 Å². The van der Waals surface area contributed by atoms with Gasteiger partial charge in [0.15, 0.2) is 6.10 Å². The van der Waals surface area contributed by atoms with E-state index < -0.39 is 6.10 Å². The normalized spacial score (nSPS) is 12.1. The molecule has 0 aromatic heterocycles. The quantitative estimate of drug-likeness (QED) is 0.0262. The van der Waals surface area contributed by atoms with E-state index in [0.29, 0.717) is 19.3 Å². The molecule has 67 heavy (non-hydrogen) atoms. The number of ether oxygens (including phenoxy) is 3. The Hall–Kier alpha value is -2.11. The molecule has 0 amide bonds. The zero-order valence-electron chi connectivity index (χ0n) is 45.2. The first-order chi connectivity index (χ1) is 33.0. The highest BCUT2D eigenvalue weighted by atomic mass is 16.6. The van der Waals surface area contributed by atoms with Crippen LogP contribution in [-0.2, 0) is 28.6 Å². The molecule has 0 aliphatic rings. The molecule has 0 aliphatic carbocycles. The van der Waals surface area contributed by atoms with E-state index >= 15 is 0 Å². The summed E-state index contributed by atoms with van der Waals surface area (Å²) in [5.41, 5.74) is 0. The van der Waals surface area contributed by atoms with E-state index in [1.807, 2.05) is 0 Å². The Morgan fingerprint density at radius 2 is 0.493 bits per heavy atom. The Balaban J connectivity index is 4.33. The number of rotatable bonds is 55. The van der Waals surface area contributed by atoms with Gasteiger partial charge in [-0.3, -0.25) is 14.4 Å². The van der Waals surface area contributed by atoms with Crippen molar-refractivity contribution in [2.24, 2.45) is 0 Å². The minimum absolute atomic E-state index is 0.0696. The van der Waals surface area contributed by atoms with Crippen LogP contribution >= 0.6 is 0 Å². The number of hydrogen-bond acceptors (Lipinski definition) is 6. The van der Waals surface area contributed by atoms with Gasteiger partial charge in [0.05, 0.1) is 0 Å². The lowest BCUT2D eigenvalue weighted by Gasteiger charge is -2.18. The van der Waals surface area contributed by atoms with E-state index in [4.69, 9.17) is 14.2 Å². The zero-order valence-corrected chi connectivity index (χ0v) is 45.2. The Morgan fingerprint density at radius 3 is 0.761 bits per heavy atom. The lowest BCUT2D eigenvalue weighted by atomic mass is 10.0. The third-order valence-electron chi connectivity index (χ3n) is 13.4. The van der Waals surface area contributed by atoms with Crippen molar-refractivity contribution >= 4 is 17.9 Å². The third-order valence-corrected chi connectivity index (χ3v) is 13.4. The fourth-order valence-corrected chi connectivity index (χ4v) is 8.91. The van der Waals surface area contributed by atoms with Gasteiger partial charge in [-0.15, -0.1) is 0 Å². The van der Waals surface area contributed by atoms with Crippen molar-refractivity contribution in [3.05, 3.63) is 24.3 Å². The van der Waals surface area contributed by atoms with Crippen molar-refractivity contribution in [1.29, 1.82) is 0 Å². The van der Waals surface area contributed by atoms with Crippen LogP contribution in [0.25, 0.3) is 0 Å². The second-order valence-electron chi connectivity index (χ2n) is 20.3. The van der Waals surface area contributed by atoms with Gasteiger partial charge in [0, 0.05) is 19.3 Å². The van der Waals surface area contributed by atoms with Crippen LogP contribution in [0.2, 0.25) is 0 Å². The SMILES string of the molecule is CCCCCC/C=C\CCCCCCCCCC(=O)OC[C@H](COC(=O)CCCCCCCCCCCCCCCCCCC)OC(=O)CCCCCCCCC/C=C\CCCCCCCC. The van der Waals surface area contributed by atoms with Crippen LogP contribution in [-0.4, -0.2) is 37.2 Å². The standard InChI is InChI=1S/C61H114O6/c1-4-7-10-13-16-19-22-25-28-30-33-36-39-42-45-48-51-54-60(63)66-57-58(56-65-59(62)53-50-47-44-41-38-35-32-27-24-21-18-15-12-9-6-3)67-61(64)55-52-49-46-43-40-37-34-31-29-26-23-20-17-14-11-8-5-2/h21,24,26,29,58H,4-20,22-23,25,27-28,30-57H2,1-3H3/b24-21-,29-26-/t58-/m1/s1. The molecular formula is C61H114O6. The average Bonchev–Trinajstić information content (AvgIpc) is 3.33. The van der Waals surface area contributed by atoms with Gasteiger partial charge >= 0.3 is 17.9 Å². The molecule has 1 atom stereocenters. The molecule has 0 aromatic rings. The van der Waals surface area contributed by atoms with Gasteiger partial charge in [0.25, 0.3) is 0 Å². The van der Waals surface area contributed by atoms with Crippen molar-refractivity contribution in [3.8, 4) is 0 Å². The van der Waals surface area contributed by atoms with Gasteiger partial charge in [-0.25, -0.2) is 0 Å². The van der Waals surface area contributed by atoms with Gasteiger partial charge in [-0.2, -0.15) is 0 Å². The van der Waals surface area contributed by atoms with E-state index in [-0.39, 0.29) is 31.1 Å². The largest absolute Gasteiger partial charge is 0.462 e. The highest BCUT2D eigenvalue weighted by molar-refractivity contribution is 5.71. The third kappa shape index (κ3) is 54.7. The van der Waals surface area contributed by atoms with Gasteiger partial charge in [0.2, 0.25) is 0 Å². The first-order valence-corrected chi connectivity index (χ1v) is 29.8. The lowest BCUT2D eigenvalue weighted by molar-refractivity contribution is -0.167. The van der Waals surface area contributed by atoms with Crippen LogP contribution in [0.5, 0.6) is 0 Å². The van der Waals surface area contributed by atoms with Crippen molar-refractivity contribution in [1.82, 2.24) is 0 Å². The van der Waals surface area contributed by atoms with Crippen LogP contribution in [0.4, 0.5) is 0 Å². The molecule has 6 nitrogen and oxygen atoms in total. The minimum atomic E-state index is -0.772. The summed E-state index contributed by atoms with van der Waals surface area (Å²) in [7, 11) is 0. The van der Waals surface area contributed by atoms with E-state index in [1.165, 1.54) is 231 Å². The van der Waals surface area contributed by atoms with Gasteiger partial charge in [-0.05, 0) is 70.6 Å². The summed E-state index contributed by atoms with van der Waals surface area (Å²) in [5.74, 6) is -0.857. The molecule has 0 saturated carbocycles. The summed E-state index contributed by atoms with van der Waals surface area (Å²) in [6, 6.07) is 0. The number of unbranched alkanes of at least 4 members (excludes halogenated alkanes) is 40. The van der Waals surface area contributed by atoms with Crippen molar-refractivity contribution < 1.29 is 28.6 Å². The Kier molecular flexibility index (Phi) is 54.7. The van der Waals surface area contributed by atoms with E-state index in [1.54, 1.807) is 0 Å². The second kappa shape index (κ2) is 56.5. The minimum Gasteiger partial charge on any atom is -0.462 e. The van der Waals surface area contributed by atoms with Crippen LogP contribution in [0.15, 0.2) is 24.3 Å². The van der Waals surface area contributed by atoms with Crippen LogP contribution < -0.4 is 0 Å². The monoisotopic (exact) mass is 943 g/mol. The maximum atomic E-state index is 12.9. The van der Waals surface area contributed by atoms with E-state index in [2.05, 4.69) is 45.1 Å². The summed E-state index contributed by atoms with van der Waals surface area (Å²) < 4.78 is 16.9. The van der Waals surface area contributed by atoms with Crippen LogP contribution in [0.3, 0.4) is 0 Å². The Morgan fingerprint density at radius 1 is 0.284 bits per heavy atom. The highest BCUT2D eigenvalue weighted by Crippen LogP contribution is 2.17. The Labute approximate surface area is 417 Å². The summed E-state index contributed by atoms with van der Waals surface area (Å²) in [4.78, 5) is 38.2. The predicted octanol–water partition coefficient (Wildman–Crippen LogP) is 19.9. The predicted molar refractivity (Wildman–Crippen MR) is 289 cm³/mol. The lowest BCUT2D eigenvalue weighted by Crippen LogP contribution is -2.30. The molecule has 0 unspecified atom stereocenters. The summed E-state index contributed by atoms with van der Waals surface area (Å²) in [5, 5.41) is 0. The summed E-state index contributed by atoms with van der Waals surface area (Å²) in [6.45, 7) is 6.67. The number of carbonyl (C=O) groups excluding carboxylic acids is 3. The second-order valence-corrected chi connectivity index (χ2v) is 20.3. The highest BCUT2D eigenvalue weighted by Gasteiger charge is 2.19. The maximum absolute atomic E-state index is 12.9. The van der Waals surface area contributed by atoms with Crippen molar-refractivity contribution in [3.63, 3.8) is 0 Å². The van der Waals surface area contributed by atoms with E-state index in [0.717, 1.165) is 57.8 Å². The first-order valence-electron chi connectivity index (χ1n) is 29.8. The molecule has 0 bridgehead atoms. The molecule has 0 fully saturated rings. The molecule has 0 aliphatic heterocycles. The Bertz CT molecular complexity index is 1080. The van der Waals surface area contributed by atoms with Gasteiger partial charge in [0.1, 0.15) is 13.2 Å². The molecule has 0 aromatic carbocycles. The molecule has 6 heteroatoms. The molecule has 0 spiro atoms. The topological polar surface area (TPSA) is 78.9 Å².